The van der Waals surface area contributed by atoms with Crippen LogP contribution in [0.3, 0.4) is 0 Å². The van der Waals surface area contributed by atoms with Crippen LogP contribution >= 0.6 is 0 Å². The van der Waals surface area contributed by atoms with E-state index in [4.69, 9.17) is 0 Å². The number of rotatable bonds is 7. The molecule has 0 unspecified atom stereocenters. The highest BCUT2D eigenvalue weighted by Gasteiger charge is 2.06. The molecule has 0 saturated carbocycles. The van der Waals surface area contributed by atoms with Crippen LogP contribution in [0.2, 0.25) is 0 Å². The molecule has 0 atom stereocenters. The number of anilines is 2. The Labute approximate surface area is 110 Å². The van der Waals surface area contributed by atoms with E-state index in [2.05, 4.69) is 23.5 Å². The SMILES string of the molecule is CCCCN(CC)c1cccc(NS(C)(=O)=O)c1. The van der Waals surface area contributed by atoms with Gasteiger partial charge in [0, 0.05) is 18.8 Å². The third kappa shape index (κ3) is 4.96. The molecule has 0 amide bonds. The summed E-state index contributed by atoms with van der Waals surface area (Å²) in [6.07, 6.45) is 3.45. The summed E-state index contributed by atoms with van der Waals surface area (Å²) >= 11 is 0. The zero-order valence-corrected chi connectivity index (χ0v) is 12.1. The molecule has 0 aliphatic carbocycles. The first-order valence-corrected chi connectivity index (χ1v) is 8.18. The van der Waals surface area contributed by atoms with Gasteiger partial charge in [0.2, 0.25) is 10.0 Å². The van der Waals surface area contributed by atoms with Gasteiger partial charge in [0.15, 0.2) is 0 Å². The van der Waals surface area contributed by atoms with Crippen molar-refractivity contribution in [3.8, 4) is 0 Å². The van der Waals surface area contributed by atoms with Gasteiger partial charge in [-0.15, -0.1) is 0 Å². The number of hydrogen-bond acceptors (Lipinski definition) is 3. The molecular weight excluding hydrogens is 248 g/mol. The van der Waals surface area contributed by atoms with Crippen molar-refractivity contribution in [1.29, 1.82) is 0 Å². The average molecular weight is 270 g/mol. The lowest BCUT2D eigenvalue weighted by atomic mass is 10.2. The fourth-order valence-electron chi connectivity index (χ4n) is 1.80. The summed E-state index contributed by atoms with van der Waals surface area (Å²) in [5.74, 6) is 0. The van der Waals surface area contributed by atoms with E-state index in [1.807, 2.05) is 18.2 Å². The molecule has 5 heteroatoms. The lowest BCUT2D eigenvalue weighted by molar-refractivity contribution is 0.607. The Kier molecular flexibility index (Phi) is 5.47. The first-order chi connectivity index (χ1) is 8.46. The minimum atomic E-state index is -3.21. The van der Waals surface area contributed by atoms with Gasteiger partial charge in [0.05, 0.1) is 11.9 Å². The van der Waals surface area contributed by atoms with E-state index in [0.29, 0.717) is 5.69 Å². The molecule has 0 radical (unpaired) electrons. The van der Waals surface area contributed by atoms with Gasteiger partial charge >= 0.3 is 0 Å². The molecule has 1 rings (SSSR count). The van der Waals surface area contributed by atoms with Crippen molar-refractivity contribution in [1.82, 2.24) is 0 Å². The number of hydrogen-bond donors (Lipinski definition) is 1. The Balaban J connectivity index is 2.85. The lowest BCUT2D eigenvalue weighted by Gasteiger charge is -2.23. The summed E-state index contributed by atoms with van der Waals surface area (Å²) in [4.78, 5) is 2.25. The van der Waals surface area contributed by atoms with Crippen molar-refractivity contribution >= 4 is 21.4 Å². The van der Waals surface area contributed by atoms with Crippen LogP contribution < -0.4 is 9.62 Å². The maximum absolute atomic E-state index is 11.2. The predicted molar refractivity (Wildman–Crippen MR) is 77.7 cm³/mol. The van der Waals surface area contributed by atoms with Crippen molar-refractivity contribution in [3.05, 3.63) is 24.3 Å². The average Bonchev–Trinajstić information content (AvgIpc) is 2.28. The third-order valence-electron chi connectivity index (χ3n) is 2.68. The summed E-state index contributed by atoms with van der Waals surface area (Å²) in [6.45, 7) is 6.18. The standard InChI is InChI=1S/C13H22N2O2S/c1-4-6-10-15(5-2)13-9-7-8-12(11-13)14-18(3,16)17/h7-9,11,14H,4-6,10H2,1-3H3. The van der Waals surface area contributed by atoms with Crippen LogP contribution in [0.5, 0.6) is 0 Å². The van der Waals surface area contributed by atoms with Gasteiger partial charge < -0.3 is 4.90 Å². The van der Waals surface area contributed by atoms with E-state index < -0.39 is 10.0 Å². The zero-order chi connectivity index (χ0) is 13.6. The summed E-state index contributed by atoms with van der Waals surface area (Å²) < 4.78 is 24.9. The number of sulfonamides is 1. The van der Waals surface area contributed by atoms with E-state index in [9.17, 15) is 8.42 Å². The van der Waals surface area contributed by atoms with Crippen LogP contribution in [-0.2, 0) is 10.0 Å². The van der Waals surface area contributed by atoms with Crippen molar-refractivity contribution < 1.29 is 8.42 Å². The van der Waals surface area contributed by atoms with Crippen molar-refractivity contribution in [2.45, 2.75) is 26.7 Å². The van der Waals surface area contributed by atoms with Crippen LogP contribution in [-0.4, -0.2) is 27.8 Å². The van der Waals surface area contributed by atoms with E-state index >= 15 is 0 Å². The Morgan fingerprint density at radius 2 is 2.00 bits per heavy atom. The Bertz CT molecular complexity index is 472. The summed E-state index contributed by atoms with van der Waals surface area (Å²) in [5, 5.41) is 0. The van der Waals surface area contributed by atoms with E-state index in [-0.39, 0.29) is 0 Å². The molecule has 1 N–H and O–H groups in total. The highest BCUT2D eigenvalue weighted by molar-refractivity contribution is 7.92. The summed E-state index contributed by atoms with van der Waals surface area (Å²) in [7, 11) is -3.21. The Hall–Kier alpha value is -1.23. The number of unbranched alkanes of at least 4 members (excludes halogenated alkanes) is 1. The topological polar surface area (TPSA) is 49.4 Å². The van der Waals surface area contributed by atoms with Gasteiger partial charge in [0.25, 0.3) is 0 Å². The van der Waals surface area contributed by atoms with E-state index in [1.54, 1.807) is 6.07 Å². The molecule has 0 fully saturated rings. The Morgan fingerprint density at radius 1 is 1.28 bits per heavy atom. The third-order valence-corrected chi connectivity index (χ3v) is 3.28. The fourth-order valence-corrected chi connectivity index (χ4v) is 2.35. The normalized spacial score (nSPS) is 11.3. The quantitative estimate of drug-likeness (QED) is 0.828. The van der Waals surface area contributed by atoms with Crippen molar-refractivity contribution in [2.75, 3.05) is 29.0 Å². The molecular formula is C13H22N2O2S. The zero-order valence-electron chi connectivity index (χ0n) is 11.3. The second-order valence-electron chi connectivity index (χ2n) is 4.36. The van der Waals surface area contributed by atoms with Crippen LogP contribution in [0.15, 0.2) is 24.3 Å². The fraction of sp³-hybridized carbons (Fsp3) is 0.538. The minimum absolute atomic E-state index is 0.616. The number of benzene rings is 1. The second kappa shape index (κ2) is 6.64. The predicted octanol–water partition coefficient (Wildman–Crippen LogP) is 2.68. The lowest BCUT2D eigenvalue weighted by Crippen LogP contribution is -2.23. The molecule has 0 spiro atoms. The first-order valence-electron chi connectivity index (χ1n) is 6.29. The molecule has 102 valence electrons. The maximum atomic E-state index is 11.2. The van der Waals surface area contributed by atoms with Gasteiger partial charge in [-0.1, -0.05) is 19.4 Å². The molecule has 18 heavy (non-hydrogen) atoms. The smallest absolute Gasteiger partial charge is 0.229 e. The molecule has 0 heterocycles. The van der Waals surface area contributed by atoms with Gasteiger partial charge in [-0.05, 0) is 31.5 Å². The van der Waals surface area contributed by atoms with Crippen molar-refractivity contribution in [3.63, 3.8) is 0 Å². The van der Waals surface area contributed by atoms with Gasteiger partial charge in [-0.2, -0.15) is 0 Å². The first kappa shape index (κ1) is 14.8. The molecule has 0 aliphatic rings. The van der Waals surface area contributed by atoms with E-state index in [0.717, 1.165) is 37.9 Å². The largest absolute Gasteiger partial charge is 0.372 e. The molecule has 0 aliphatic heterocycles. The molecule has 0 aromatic heterocycles. The summed E-state index contributed by atoms with van der Waals surface area (Å²) in [5.41, 5.74) is 1.67. The molecule has 1 aromatic rings. The van der Waals surface area contributed by atoms with Gasteiger partial charge in [0.1, 0.15) is 0 Å². The van der Waals surface area contributed by atoms with Crippen LogP contribution in [0.4, 0.5) is 11.4 Å². The van der Waals surface area contributed by atoms with Gasteiger partial charge in [-0.25, -0.2) is 8.42 Å². The van der Waals surface area contributed by atoms with E-state index in [1.165, 1.54) is 0 Å². The second-order valence-corrected chi connectivity index (χ2v) is 6.11. The maximum Gasteiger partial charge on any atom is 0.229 e. The van der Waals surface area contributed by atoms with Crippen LogP contribution in [0.1, 0.15) is 26.7 Å². The van der Waals surface area contributed by atoms with Gasteiger partial charge in [-0.3, -0.25) is 4.72 Å². The van der Waals surface area contributed by atoms with Crippen LogP contribution in [0, 0.1) is 0 Å². The monoisotopic (exact) mass is 270 g/mol. The minimum Gasteiger partial charge on any atom is -0.372 e. The highest BCUT2D eigenvalue weighted by atomic mass is 32.2. The molecule has 0 bridgehead atoms. The molecule has 4 nitrogen and oxygen atoms in total. The number of nitrogens with zero attached hydrogens (tertiary/aromatic N) is 1. The summed E-state index contributed by atoms with van der Waals surface area (Å²) in [6, 6.07) is 7.52. The highest BCUT2D eigenvalue weighted by Crippen LogP contribution is 2.20. The van der Waals surface area contributed by atoms with Crippen LogP contribution in [0.25, 0.3) is 0 Å². The molecule has 1 aromatic carbocycles. The number of nitrogens with one attached hydrogen (secondary N) is 1. The Morgan fingerprint density at radius 3 is 2.56 bits per heavy atom. The molecule has 0 saturated heterocycles. The van der Waals surface area contributed by atoms with Crippen molar-refractivity contribution in [2.24, 2.45) is 0 Å².